The third-order valence-electron chi connectivity index (χ3n) is 5.14. The van der Waals surface area contributed by atoms with E-state index in [9.17, 15) is 30.4 Å². The predicted octanol–water partition coefficient (Wildman–Crippen LogP) is 4.60. The highest BCUT2D eigenvalue weighted by molar-refractivity contribution is 7.89. The van der Waals surface area contributed by atoms with Gasteiger partial charge in [-0.25, -0.2) is 17.2 Å². The van der Waals surface area contributed by atoms with Gasteiger partial charge >= 0.3 is 6.18 Å². The summed E-state index contributed by atoms with van der Waals surface area (Å²) in [6.07, 6.45) is -3.55. The van der Waals surface area contributed by atoms with Crippen molar-refractivity contribution in [2.75, 3.05) is 13.1 Å². The van der Waals surface area contributed by atoms with Gasteiger partial charge in [0, 0.05) is 18.7 Å². The second-order valence-electron chi connectivity index (χ2n) is 7.30. The van der Waals surface area contributed by atoms with E-state index in [0.29, 0.717) is 18.9 Å². The summed E-state index contributed by atoms with van der Waals surface area (Å²) in [6.45, 7) is 0.0155. The Bertz CT molecular complexity index is 1230. The number of hydrogen-bond donors (Lipinski definition) is 0. The van der Waals surface area contributed by atoms with Gasteiger partial charge in [0.2, 0.25) is 21.8 Å². The Morgan fingerprint density at radius 1 is 1.03 bits per heavy atom. The lowest BCUT2D eigenvalue weighted by Gasteiger charge is -2.30. The number of nitrogens with zero attached hydrogens (tertiary/aromatic N) is 3. The van der Waals surface area contributed by atoms with Gasteiger partial charge in [0.25, 0.3) is 0 Å². The lowest BCUT2D eigenvalue weighted by molar-refractivity contribution is -0.137. The molecule has 1 aromatic heterocycles. The van der Waals surface area contributed by atoms with Gasteiger partial charge in [-0.2, -0.15) is 17.5 Å². The van der Waals surface area contributed by atoms with Crippen LogP contribution in [-0.4, -0.2) is 36.0 Å². The van der Waals surface area contributed by atoms with Gasteiger partial charge in [-0.15, -0.1) is 10.2 Å². The molecular weight excluding hydrogens is 457 g/mol. The number of halogens is 5. The van der Waals surface area contributed by atoms with E-state index < -0.39 is 44.2 Å². The molecule has 0 amide bonds. The Labute approximate surface area is 179 Å². The van der Waals surface area contributed by atoms with Gasteiger partial charge in [0.15, 0.2) is 0 Å². The molecule has 32 heavy (non-hydrogen) atoms. The molecule has 0 bridgehead atoms. The van der Waals surface area contributed by atoms with Gasteiger partial charge in [-0.3, -0.25) is 0 Å². The third-order valence-corrected chi connectivity index (χ3v) is 7.02. The number of alkyl halides is 3. The Kier molecular flexibility index (Phi) is 5.76. The van der Waals surface area contributed by atoms with Crippen LogP contribution in [0.2, 0.25) is 0 Å². The Balaban J connectivity index is 1.54. The highest BCUT2D eigenvalue weighted by Gasteiger charge is 2.35. The maximum absolute atomic E-state index is 14.0. The SMILES string of the molecule is O=S(=O)(c1cc(F)ccc1F)N1CCCC(c2nnc(-c3ccc(C(F)(F)F)cc3)o2)C1. The second-order valence-corrected chi connectivity index (χ2v) is 9.20. The van der Waals surface area contributed by atoms with Crippen molar-refractivity contribution in [1.82, 2.24) is 14.5 Å². The van der Waals surface area contributed by atoms with E-state index in [4.69, 9.17) is 4.42 Å². The second kappa shape index (κ2) is 8.24. The van der Waals surface area contributed by atoms with Crippen LogP contribution in [0, 0.1) is 11.6 Å². The molecule has 1 aliphatic heterocycles. The van der Waals surface area contributed by atoms with Crippen LogP contribution in [0.1, 0.15) is 30.2 Å². The molecular formula is C20H16F5N3O3S. The molecule has 2 heterocycles. The van der Waals surface area contributed by atoms with Crippen molar-refractivity contribution in [2.45, 2.75) is 29.8 Å². The van der Waals surface area contributed by atoms with Gasteiger partial charge in [-0.05, 0) is 55.3 Å². The monoisotopic (exact) mass is 473 g/mol. The Morgan fingerprint density at radius 3 is 2.44 bits per heavy atom. The third kappa shape index (κ3) is 4.37. The summed E-state index contributed by atoms with van der Waals surface area (Å²) in [5.41, 5.74) is -0.544. The summed E-state index contributed by atoms with van der Waals surface area (Å²) in [6, 6.07) is 6.38. The average Bonchev–Trinajstić information content (AvgIpc) is 3.25. The number of benzene rings is 2. The molecule has 12 heteroatoms. The predicted molar refractivity (Wildman–Crippen MR) is 102 cm³/mol. The summed E-state index contributed by atoms with van der Waals surface area (Å²) in [5, 5.41) is 7.76. The van der Waals surface area contributed by atoms with Gasteiger partial charge in [-0.1, -0.05) is 0 Å². The fourth-order valence-electron chi connectivity index (χ4n) is 3.49. The minimum Gasteiger partial charge on any atom is -0.420 e. The van der Waals surface area contributed by atoms with Gasteiger partial charge < -0.3 is 4.42 Å². The van der Waals surface area contributed by atoms with E-state index in [0.717, 1.165) is 28.6 Å². The number of hydrogen-bond acceptors (Lipinski definition) is 5. The standard InChI is InChI=1S/C20H16F5N3O3S/c21-15-7-8-16(22)17(10-15)32(29,30)28-9-1-2-13(11-28)19-27-26-18(31-19)12-3-5-14(6-4-12)20(23,24)25/h3-8,10,13H,1-2,9,11H2. The minimum atomic E-state index is -4.48. The van der Waals surface area contributed by atoms with Crippen molar-refractivity contribution in [3.63, 3.8) is 0 Å². The van der Waals surface area contributed by atoms with Crippen molar-refractivity contribution in [3.05, 3.63) is 65.6 Å². The molecule has 1 saturated heterocycles. The number of aromatic nitrogens is 2. The molecule has 0 radical (unpaired) electrons. The molecule has 0 saturated carbocycles. The molecule has 1 aliphatic rings. The first-order chi connectivity index (χ1) is 15.1. The van der Waals surface area contributed by atoms with Crippen LogP contribution in [0.15, 0.2) is 51.8 Å². The molecule has 1 fully saturated rings. The van der Waals surface area contributed by atoms with Crippen LogP contribution in [-0.2, 0) is 16.2 Å². The summed E-state index contributed by atoms with van der Waals surface area (Å²) >= 11 is 0. The molecule has 1 unspecified atom stereocenters. The molecule has 170 valence electrons. The molecule has 0 N–H and O–H groups in total. The van der Waals surface area contributed by atoms with E-state index in [1.807, 2.05) is 0 Å². The number of sulfonamides is 1. The molecule has 1 atom stereocenters. The summed E-state index contributed by atoms with van der Waals surface area (Å²) in [7, 11) is -4.30. The fourth-order valence-corrected chi connectivity index (χ4v) is 5.09. The van der Waals surface area contributed by atoms with Gasteiger partial charge in [0.05, 0.1) is 11.5 Å². The molecule has 0 aliphatic carbocycles. The summed E-state index contributed by atoms with van der Waals surface area (Å²) in [5.74, 6) is -2.34. The van der Waals surface area contributed by atoms with Crippen LogP contribution >= 0.6 is 0 Å². The zero-order chi connectivity index (χ0) is 23.1. The first-order valence-electron chi connectivity index (χ1n) is 9.52. The van der Waals surface area contributed by atoms with Crippen molar-refractivity contribution in [1.29, 1.82) is 0 Å². The molecule has 3 aromatic rings. The summed E-state index contributed by atoms with van der Waals surface area (Å²) < 4.78 is 98.0. The van der Waals surface area contributed by atoms with Crippen LogP contribution in [0.3, 0.4) is 0 Å². The quantitative estimate of drug-likeness (QED) is 0.518. The maximum Gasteiger partial charge on any atom is 0.416 e. The molecule has 0 spiro atoms. The Hall–Kier alpha value is -2.86. The lowest BCUT2D eigenvalue weighted by Crippen LogP contribution is -2.39. The fraction of sp³-hybridized carbons (Fsp3) is 0.300. The van der Waals surface area contributed by atoms with Crippen molar-refractivity contribution >= 4 is 10.0 Å². The van der Waals surface area contributed by atoms with E-state index >= 15 is 0 Å². The smallest absolute Gasteiger partial charge is 0.416 e. The van der Waals surface area contributed by atoms with Crippen molar-refractivity contribution in [2.24, 2.45) is 0 Å². The zero-order valence-electron chi connectivity index (χ0n) is 16.3. The molecule has 6 nitrogen and oxygen atoms in total. The topological polar surface area (TPSA) is 76.3 Å². The summed E-state index contributed by atoms with van der Waals surface area (Å²) in [4.78, 5) is -0.755. The number of piperidine rings is 1. The molecule has 2 aromatic carbocycles. The van der Waals surface area contributed by atoms with E-state index in [1.54, 1.807) is 0 Å². The van der Waals surface area contributed by atoms with E-state index in [1.165, 1.54) is 12.1 Å². The zero-order valence-corrected chi connectivity index (χ0v) is 17.1. The minimum absolute atomic E-state index is 0.00937. The van der Waals surface area contributed by atoms with E-state index in [2.05, 4.69) is 10.2 Å². The van der Waals surface area contributed by atoms with Crippen LogP contribution in [0.5, 0.6) is 0 Å². The highest BCUT2D eigenvalue weighted by atomic mass is 32.2. The van der Waals surface area contributed by atoms with Crippen LogP contribution in [0.4, 0.5) is 22.0 Å². The highest BCUT2D eigenvalue weighted by Crippen LogP contribution is 2.33. The van der Waals surface area contributed by atoms with Crippen molar-refractivity contribution < 1.29 is 34.8 Å². The molecule has 4 rings (SSSR count). The average molecular weight is 473 g/mol. The van der Waals surface area contributed by atoms with Crippen LogP contribution < -0.4 is 0 Å². The first kappa shape index (κ1) is 22.3. The van der Waals surface area contributed by atoms with Gasteiger partial charge in [0.1, 0.15) is 16.5 Å². The van der Waals surface area contributed by atoms with E-state index in [-0.39, 0.29) is 30.4 Å². The largest absolute Gasteiger partial charge is 0.420 e. The lowest BCUT2D eigenvalue weighted by atomic mass is 10.00. The van der Waals surface area contributed by atoms with Crippen LogP contribution in [0.25, 0.3) is 11.5 Å². The van der Waals surface area contributed by atoms with Crippen molar-refractivity contribution in [3.8, 4) is 11.5 Å². The maximum atomic E-state index is 14.0. The normalized spacial score (nSPS) is 18.1. The Morgan fingerprint density at radius 2 is 1.75 bits per heavy atom. The first-order valence-corrected chi connectivity index (χ1v) is 11.0. The number of rotatable bonds is 4.